The van der Waals surface area contributed by atoms with E-state index in [-0.39, 0.29) is 17.7 Å². The molecular formula is C20H15F2N3O7S. The highest BCUT2D eigenvalue weighted by Gasteiger charge is 2.40. The summed E-state index contributed by atoms with van der Waals surface area (Å²) in [6.07, 6.45) is -0.425. The Morgan fingerprint density at radius 2 is 1.82 bits per heavy atom. The molecule has 1 aliphatic heterocycles. The summed E-state index contributed by atoms with van der Waals surface area (Å²) in [6, 6.07) is 9.27. The highest BCUT2D eigenvalue weighted by molar-refractivity contribution is 7.99. The minimum Gasteiger partial charge on any atom is -0.456 e. The molecule has 3 rings (SSSR count). The first kappa shape index (κ1) is 23.8. The maximum atomic E-state index is 12.4. The molecule has 0 bridgehead atoms. The van der Waals surface area contributed by atoms with Crippen molar-refractivity contribution in [1.29, 1.82) is 0 Å². The summed E-state index contributed by atoms with van der Waals surface area (Å²) in [4.78, 5) is 60.0. The number of nitrogens with one attached hydrogen (secondary N) is 1. The Labute approximate surface area is 189 Å². The number of benzene rings is 2. The lowest BCUT2D eigenvalue weighted by Crippen LogP contribution is -2.32. The fraction of sp³-hybridized carbons (Fsp3) is 0.200. The van der Waals surface area contributed by atoms with Crippen LogP contribution in [0.4, 0.5) is 20.2 Å². The topological polar surface area (TPSA) is 136 Å². The molecule has 2 aromatic rings. The third-order valence-electron chi connectivity index (χ3n) is 4.44. The Morgan fingerprint density at radius 1 is 1.12 bits per heavy atom. The standard InChI is InChI=1S/C20H15F2N3O7S/c21-20(22)33-12-6-4-11(5-7-12)23-15(26)10-32-16(27)8-9-24-18(28)13-2-1-3-14(25(30)31)17(13)19(24)29/h1-7,20H,8-10H2,(H,23,26). The zero-order valence-corrected chi connectivity index (χ0v) is 17.5. The van der Waals surface area contributed by atoms with Crippen LogP contribution in [0.2, 0.25) is 0 Å². The summed E-state index contributed by atoms with van der Waals surface area (Å²) in [5.41, 5.74) is -0.658. The van der Waals surface area contributed by atoms with Gasteiger partial charge in [0.2, 0.25) is 0 Å². The van der Waals surface area contributed by atoms with Gasteiger partial charge < -0.3 is 10.1 Å². The van der Waals surface area contributed by atoms with E-state index >= 15 is 0 Å². The summed E-state index contributed by atoms with van der Waals surface area (Å²) in [6.45, 7) is -1.03. The molecule has 1 N–H and O–H groups in total. The average molecular weight is 479 g/mol. The van der Waals surface area contributed by atoms with E-state index < -0.39 is 53.1 Å². The van der Waals surface area contributed by atoms with Crippen LogP contribution in [0.15, 0.2) is 47.4 Å². The molecule has 1 heterocycles. The van der Waals surface area contributed by atoms with Crippen molar-refractivity contribution in [2.45, 2.75) is 17.1 Å². The van der Waals surface area contributed by atoms with Crippen LogP contribution in [0.3, 0.4) is 0 Å². The van der Waals surface area contributed by atoms with E-state index in [0.29, 0.717) is 27.2 Å². The number of esters is 1. The molecule has 3 amide bonds. The smallest absolute Gasteiger partial charge is 0.308 e. The van der Waals surface area contributed by atoms with E-state index in [4.69, 9.17) is 4.74 Å². The molecule has 0 saturated carbocycles. The molecular weight excluding hydrogens is 464 g/mol. The van der Waals surface area contributed by atoms with Crippen LogP contribution in [0.5, 0.6) is 0 Å². The first-order valence-corrected chi connectivity index (χ1v) is 10.2. The molecule has 0 saturated heterocycles. The summed E-state index contributed by atoms with van der Waals surface area (Å²) in [5.74, 6) is -5.78. The zero-order valence-electron chi connectivity index (χ0n) is 16.7. The lowest BCUT2D eigenvalue weighted by Gasteiger charge is -2.13. The van der Waals surface area contributed by atoms with E-state index in [9.17, 15) is 38.1 Å². The minimum absolute atomic E-state index is 0.125. The van der Waals surface area contributed by atoms with Gasteiger partial charge in [-0.2, -0.15) is 8.78 Å². The van der Waals surface area contributed by atoms with Crippen molar-refractivity contribution in [1.82, 2.24) is 4.90 Å². The Kier molecular flexibility index (Phi) is 7.33. The summed E-state index contributed by atoms with van der Waals surface area (Å²) in [7, 11) is 0. The number of nitro groups is 1. The van der Waals surface area contributed by atoms with E-state index in [0.717, 1.165) is 6.07 Å². The first-order chi connectivity index (χ1) is 15.7. The minimum atomic E-state index is -2.57. The van der Waals surface area contributed by atoms with Crippen LogP contribution in [0, 0.1) is 10.1 Å². The number of imide groups is 1. The van der Waals surface area contributed by atoms with Gasteiger partial charge in [-0.1, -0.05) is 17.8 Å². The van der Waals surface area contributed by atoms with Crippen molar-refractivity contribution in [3.05, 3.63) is 63.7 Å². The van der Waals surface area contributed by atoms with Gasteiger partial charge in [-0.3, -0.25) is 34.2 Å². The molecule has 0 unspecified atom stereocenters. The Balaban J connectivity index is 1.48. The molecule has 0 aromatic heterocycles. The maximum absolute atomic E-state index is 12.4. The van der Waals surface area contributed by atoms with Crippen LogP contribution in [0.25, 0.3) is 0 Å². The van der Waals surface area contributed by atoms with Gasteiger partial charge in [0.25, 0.3) is 29.2 Å². The number of halogens is 2. The molecule has 13 heteroatoms. The molecule has 0 aliphatic carbocycles. The van der Waals surface area contributed by atoms with Gasteiger partial charge in [0.1, 0.15) is 5.56 Å². The lowest BCUT2D eigenvalue weighted by atomic mass is 10.1. The number of nitrogens with zero attached hydrogens (tertiary/aromatic N) is 2. The number of thioether (sulfide) groups is 1. The second kappa shape index (κ2) is 10.2. The third-order valence-corrected chi connectivity index (χ3v) is 5.16. The fourth-order valence-electron chi connectivity index (χ4n) is 3.01. The van der Waals surface area contributed by atoms with Crippen molar-refractivity contribution < 1.29 is 37.6 Å². The number of nitro benzene ring substituents is 1. The molecule has 1 aliphatic rings. The number of alkyl halides is 2. The number of hydrogen-bond donors (Lipinski definition) is 1. The number of carbonyl (C=O) groups excluding carboxylic acids is 4. The van der Waals surface area contributed by atoms with Gasteiger partial charge in [-0.05, 0) is 30.3 Å². The fourth-order valence-corrected chi connectivity index (χ4v) is 3.51. The maximum Gasteiger partial charge on any atom is 0.308 e. The Bertz CT molecular complexity index is 1130. The predicted molar refractivity (Wildman–Crippen MR) is 111 cm³/mol. The van der Waals surface area contributed by atoms with Gasteiger partial charge in [-0.15, -0.1) is 0 Å². The second-order valence-corrected chi connectivity index (χ2v) is 7.64. The quantitative estimate of drug-likeness (QED) is 0.191. The van der Waals surface area contributed by atoms with Crippen molar-refractivity contribution >= 4 is 46.8 Å². The van der Waals surface area contributed by atoms with Crippen LogP contribution in [-0.4, -0.2) is 52.4 Å². The molecule has 0 spiro atoms. The largest absolute Gasteiger partial charge is 0.456 e. The molecule has 33 heavy (non-hydrogen) atoms. The van der Waals surface area contributed by atoms with Gasteiger partial charge in [0, 0.05) is 23.2 Å². The SMILES string of the molecule is O=C(COC(=O)CCN1C(=O)c2cccc([N+](=O)[O-])c2C1=O)Nc1ccc(SC(F)F)cc1. The number of anilines is 1. The number of amides is 3. The summed E-state index contributed by atoms with van der Waals surface area (Å²) < 4.78 is 29.4. The van der Waals surface area contributed by atoms with Gasteiger partial charge in [-0.25, -0.2) is 0 Å². The van der Waals surface area contributed by atoms with Crippen LogP contribution >= 0.6 is 11.8 Å². The number of ether oxygens (including phenoxy) is 1. The normalized spacial score (nSPS) is 12.6. The van der Waals surface area contributed by atoms with Gasteiger partial charge >= 0.3 is 5.97 Å². The van der Waals surface area contributed by atoms with Gasteiger partial charge in [0.15, 0.2) is 6.61 Å². The average Bonchev–Trinajstić information content (AvgIpc) is 3.01. The van der Waals surface area contributed by atoms with Crippen molar-refractivity contribution in [2.75, 3.05) is 18.5 Å². The third kappa shape index (κ3) is 5.68. The van der Waals surface area contributed by atoms with Crippen LogP contribution in [-0.2, 0) is 14.3 Å². The summed E-state index contributed by atoms with van der Waals surface area (Å²) >= 11 is 0.354. The molecule has 2 aromatic carbocycles. The first-order valence-electron chi connectivity index (χ1n) is 9.31. The van der Waals surface area contributed by atoms with Crippen molar-refractivity contribution in [3.63, 3.8) is 0 Å². The van der Waals surface area contributed by atoms with E-state index in [1.807, 2.05) is 0 Å². The second-order valence-electron chi connectivity index (χ2n) is 6.58. The number of rotatable bonds is 9. The molecule has 0 radical (unpaired) electrons. The van der Waals surface area contributed by atoms with E-state index in [1.54, 1.807) is 0 Å². The lowest BCUT2D eigenvalue weighted by molar-refractivity contribution is -0.385. The van der Waals surface area contributed by atoms with Crippen molar-refractivity contribution in [2.24, 2.45) is 0 Å². The van der Waals surface area contributed by atoms with Gasteiger partial charge in [0.05, 0.1) is 16.9 Å². The summed E-state index contributed by atoms with van der Waals surface area (Å²) in [5, 5.41) is 13.5. The highest BCUT2D eigenvalue weighted by atomic mass is 32.2. The van der Waals surface area contributed by atoms with E-state index in [1.165, 1.54) is 36.4 Å². The molecule has 0 fully saturated rings. The predicted octanol–water partition coefficient (Wildman–Crippen LogP) is 3.08. The van der Waals surface area contributed by atoms with Crippen LogP contribution < -0.4 is 5.32 Å². The monoisotopic (exact) mass is 479 g/mol. The van der Waals surface area contributed by atoms with Crippen molar-refractivity contribution in [3.8, 4) is 0 Å². The molecule has 172 valence electrons. The highest BCUT2D eigenvalue weighted by Crippen LogP contribution is 2.30. The zero-order chi connectivity index (χ0) is 24.1. The Morgan fingerprint density at radius 3 is 2.45 bits per heavy atom. The molecule has 0 atom stereocenters. The van der Waals surface area contributed by atoms with Crippen LogP contribution in [0.1, 0.15) is 27.1 Å². The number of hydrogen-bond acceptors (Lipinski definition) is 8. The Hall–Kier alpha value is -3.87. The molecule has 10 nitrogen and oxygen atoms in total. The number of carbonyl (C=O) groups is 4. The van der Waals surface area contributed by atoms with E-state index in [2.05, 4.69) is 5.32 Å². The number of fused-ring (bicyclic) bond motifs is 1.